The number of carbonyl (C=O) groups excluding carboxylic acids is 1. The molecule has 3 unspecified atom stereocenters. The Labute approximate surface area is 442 Å². The van der Waals surface area contributed by atoms with Crippen molar-refractivity contribution in [2.24, 2.45) is 0 Å². The lowest BCUT2D eigenvalue weighted by molar-refractivity contribution is -0.870. The first-order valence-electron chi connectivity index (χ1n) is 30.9. The first-order valence-corrected chi connectivity index (χ1v) is 32.3. The first kappa shape index (κ1) is 69.7. The minimum atomic E-state index is -4.33. The number of quaternary nitrogens is 1. The molecular weight excluding hydrogens is 900 g/mol. The van der Waals surface area contributed by atoms with E-state index in [1.807, 2.05) is 21.1 Å². The summed E-state index contributed by atoms with van der Waals surface area (Å²) in [6.07, 6.45) is 69.3. The Hall–Kier alpha value is -1.28. The molecule has 3 N–H and O–H groups in total. The molecule has 0 fully saturated rings. The van der Waals surface area contributed by atoms with E-state index in [9.17, 15) is 19.4 Å². The molecular formula is C62H122N2O6P+. The molecule has 1 amide bonds. The number of aliphatic hydroxyl groups is 1. The van der Waals surface area contributed by atoms with Gasteiger partial charge in [0.15, 0.2) is 0 Å². The van der Waals surface area contributed by atoms with Crippen molar-refractivity contribution in [3.8, 4) is 0 Å². The van der Waals surface area contributed by atoms with Crippen LogP contribution in [-0.2, 0) is 18.4 Å². The molecule has 0 aromatic carbocycles. The second-order valence-corrected chi connectivity index (χ2v) is 23.9. The van der Waals surface area contributed by atoms with Gasteiger partial charge in [-0.15, -0.1) is 0 Å². The van der Waals surface area contributed by atoms with Gasteiger partial charge in [0.2, 0.25) is 5.91 Å². The number of hydrogen-bond donors (Lipinski definition) is 3. The van der Waals surface area contributed by atoms with Crippen molar-refractivity contribution in [2.75, 3.05) is 40.9 Å². The fraction of sp³-hybridized carbons (Fsp3) is 0.887. The van der Waals surface area contributed by atoms with E-state index in [0.717, 1.165) is 64.2 Å². The molecule has 0 saturated heterocycles. The second kappa shape index (κ2) is 53.5. The smallest absolute Gasteiger partial charge is 0.391 e. The number of hydrogen-bond acceptors (Lipinski definition) is 5. The summed E-state index contributed by atoms with van der Waals surface area (Å²) in [4.78, 5) is 23.3. The van der Waals surface area contributed by atoms with Gasteiger partial charge in [0.1, 0.15) is 13.2 Å². The van der Waals surface area contributed by atoms with Crippen LogP contribution in [0.15, 0.2) is 36.5 Å². The lowest BCUT2D eigenvalue weighted by Gasteiger charge is -2.26. The van der Waals surface area contributed by atoms with Gasteiger partial charge in [-0.25, -0.2) is 4.57 Å². The molecule has 0 aromatic heterocycles. The molecule has 8 nitrogen and oxygen atoms in total. The molecule has 0 heterocycles. The van der Waals surface area contributed by atoms with E-state index in [1.165, 1.54) is 212 Å². The maximum atomic E-state index is 13.0. The number of carbonyl (C=O) groups is 1. The standard InChI is InChI=1S/C62H121N2O6P/c1-6-8-10-12-14-16-18-20-22-24-26-27-28-29-30-31-32-33-34-35-36-38-39-41-43-45-47-49-51-53-55-61(65)60(59-70-71(67,68)69-58-57-64(3,4)5)63-62(66)56-54-52-50-48-46-44-42-40-37-25-23-21-19-17-15-13-11-9-7-2/h15,17,21,23,37,40,60-61,65H,6-14,16,18-20,22,24-36,38-39,41-59H2,1-5H3,(H-,63,66,67,68)/p+1/b17-15-,23-21-,40-37-. The summed E-state index contributed by atoms with van der Waals surface area (Å²) in [5.41, 5.74) is 0. The van der Waals surface area contributed by atoms with E-state index < -0.39 is 20.0 Å². The van der Waals surface area contributed by atoms with Crippen LogP contribution in [0, 0.1) is 0 Å². The van der Waals surface area contributed by atoms with Crippen molar-refractivity contribution >= 4 is 13.7 Å². The Morgan fingerprint density at radius 3 is 1.20 bits per heavy atom. The molecule has 0 saturated carbocycles. The molecule has 0 radical (unpaired) electrons. The second-order valence-electron chi connectivity index (χ2n) is 22.4. The Bertz CT molecular complexity index is 1250. The third kappa shape index (κ3) is 56.3. The zero-order valence-corrected chi connectivity index (χ0v) is 48.9. The van der Waals surface area contributed by atoms with Gasteiger partial charge in [0.05, 0.1) is 39.9 Å². The van der Waals surface area contributed by atoms with Gasteiger partial charge in [-0.05, 0) is 51.4 Å². The lowest BCUT2D eigenvalue weighted by Crippen LogP contribution is -2.46. The van der Waals surface area contributed by atoms with E-state index in [4.69, 9.17) is 9.05 Å². The Morgan fingerprint density at radius 1 is 0.479 bits per heavy atom. The molecule has 0 spiro atoms. The molecule has 3 atom stereocenters. The van der Waals surface area contributed by atoms with E-state index >= 15 is 0 Å². The number of rotatable bonds is 57. The summed E-state index contributed by atoms with van der Waals surface area (Å²) < 4.78 is 23.8. The van der Waals surface area contributed by atoms with Crippen LogP contribution in [0.25, 0.3) is 0 Å². The summed E-state index contributed by atoms with van der Waals surface area (Å²) in [5, 5.41) is 14.1. The van der Waals surface area contributed by atoms with E-state index in [0.29, 0.717) is 23.9 Å². The molecule has 71 heavy (non-hydrogen) atoms. The number of phosphoric acid groups is 1. The Morgan fingerprint density at radius 2 is 0.803 bits per heavy atom. The molecule has 0 bridgehead atoms. The third-order valence-electron chi connectivity index (χ3n) is 14.1. The van der Waals surface area contributed by atoms with Gasteiger partial charge in [-0.3, -0.25) is 13.8 Å². The summed E-state index contributed by atoms with van der Waals surface area (Å²) in [5.74, 6) is -0.153. The van der Waals surface area contributed by atoms with Crippen LogP contribution < -0.4 is 5.32 Å². The molecule has 0 aliphatic heterocycles. The summed E-state index contributed by atoms with van der Waals surface area (Å²) in [6, 6.07) is -0.769. The van der Waals surface area contributed by atoms with Gasteiger partial charge in [0.25, 0.3) is 0 Å². The van der Waals surface area contributed by atoms with Gasteiger partial charge in [0, 0.05) is 6.42 Å². The number of unbranched alkanes of at least 4 members (excludes halogenated alkanes) is 38. The van der Waals surface area contributed by atoms with Crippen molar-refractivity contribution < 1.29 is 32.9 Å². The zero-order valence-electron chi connectivity index (χ0n) is 48.0. The van der Waals surface area contributed by atoms with Crippen LogP contribution in [0.5, 0.6) is 0 Å². The lowest BCUT2D eigenvalue weighted by atomic mass is 10.0. The normalized spacial score (nSPS) is 14.1. The highest BCUT2D eigenvalue weighted by Crippen LogP contribution is 2.43. The van der Waals surface area contributed by atoms with Crippen molar-refractivity contribution in [1.82, 2.24) is 5.32 Å². The van der Waals surface area contributed by atoms with Crippen LogP contribution in [0.1, 0.15) is 303 Å². The number of nitrogens with one attached hydrogen (secondary N) is 1. The van der Waals surface area contributed by atoms with Crippen molar-refractivity contribution in [1.29, 1.82) is 0 Å². The number of aliphatic hydroxyl groups excluding tert-OH is 1. The monoisotopic (exact) mass is 1020 g/mol. The van der Waals surface area contributed by atoms with E-state index in [1.54, 1.807) is 0 Å². The molecule has 9 heteroatoms. The Kier molecular flexibility index (Phi) is 52.6. The van der Waals surface area contributed by atoms with Gasteiger partial charge in [-0.1, -0.05) is 281 Å². The van der Waals surface area contributed by atoms with Crippen molar-refractivity contribution in [3.05, 3.63) is 36.5 Å². The third-order valence-corrected chi connectivity index (χ3v) is 15.1. The van der Waals surface area contributed by atoms with Gasteiger partial charge in [-0.2, -0.15) is 0 Å². The summed E-state index contributed by atoms with van der Waals surface area (Å²) >= 11 is 0. The molecule has 420 valence electrons. The highest BCUT2D eigenvalue weighted by Gasteiger charge is 2.28. The van der Waals surface area contributed by atoms with Crippen LogP contribution in [0.4, 0.5) is 0 Å². The topological polar surface area (TPSA) is 105 Å². The average molecular weight is 1020 g/mol. The summed E-state index contributed by atoms with van der Waals surface area (Å²) in [7, 11) is 1.61. The van der Waals surface area contributed by atoms with Crippen LogP contribution in [-0.4, -0.2) is 73.4 Å². The quantitative estimate of drug-likeness (QED) is 0.0243. The Balaban J connectivity index is 4.08. The van der Waals surface area contributed by atoms with Crippen LogP contribution in [0.2, 0.25) is 0 Å². The zero-order chi connectivity index (χ0) is 52.0. The van der Waals surface area contributed by atoms with Gasteiger partial charge < -0.3 is 19.8 Å². The minimum Gasteiger partial charge on any atom is -0.391 e. The number of likely N-dealkylation sites (N-methyl/N-ethyl adjacent to an activating group) is 1. The predicted octanol–water partition coefficient (Wildman–Crippen LogP) is 18.9. The molecule has 0 aliphatic rings. The SMILES string of the molecule is CCCCC/C=C\C/C=C\C/C=C\CCCCCCCCC(=O)NC(COP(=O)(O)OCC[N+](C)(C)C)C(O)CCCCCCCCCCCCCCCCCCCCCCCCCCCCCCCC. The van der Waals surface area contributed by atoms with Crippen molar-refractivity contribution in [3.63, 3.8) is 0 Å². The fourth-order valence-electron chi connectivity index (χ4n) is 9.29. The maximum absolute atomic E-state index is 13.0. The molecule has 0 aliphatic carbocycles. The number of amides is 1. The number of allylic oxidation sites excluding steroid dienone is 6. The van der Waals surface area contributed by atoms with Crippen LogP contribution in [0.3, 0.4) is 0 Å². The minimum absolute atomic E-state index is 0.0718. The molecule has 0 rings (SSSR count). The van der Waals surface area contributed by atoms with E-state index in [2.05, 4.69) is 55.6 Å². The number of phosphoric ester groups is 1. The van der Waals surface area contributed by atoms with Crippen molar-refractivity contribution in [2.45, 2.75) is 315 Å². The van der Waals surface area contributed by atoms with Gasteiger partial charge >= 0.3 is 7.82 Å². The predicted molar refractivity (Wildman–Crippen MR) is 309 cm³/mol. The summed E-state index contributed by atoms with van der Waals surface area (Å²) in [6.45, 7) is 4.89. The molecule has 0 aromatic rings. The van der Waals surface area contributed by atoms with E-state index in [-0.39, 0.29) is 19.1 Å². The first-order chi connectivity index (χ1) is 34.5. The number of nitrogens with zero attached hydrogens (tertiary/aromatic N) is 1. The maximum Gasteiger partial charge on any atom is 0.472 e. The fourth-order valence-corrected chi connectivity index (χ4v) is 10.0. The largest absolute Gasteiger partial charge is 0.472 e. The van der Waals surface area contributed by atoms with Crippen LogP contribution >= 0.6 is 7.82 Å². The average Bonchev–Trinajstić information content (AvgIpc) is 3.33. The highest BCUT2D eigenvalue weighted by atomic mass is 31.2. The highest BCUT2D eigenvalue weighted by molar-refractivity contribution is 7.47.